The minimum absolute atomic E-state index is 0.190. The lowest BCUT2D eigenvalue weighted by Crippen LogP contribution is -2.41. The Morgan fingerprint density at radius 1 is 1.15 bits per heavy atom. The van der Waals surface area contributed by atoms with Gasteiger partial charge in [-0.1, -0.05) is 58.4 Å². The monoisotopic (exact) mass is 438 g/mol. The highest BCUT2D eigenvalue weighted by Crippen LogP contribution is 2.17. The first-order valence-electron chi connectivity index (χ1n) is 8.29. The quantitative estimate of drug-likeness (QED) is 0.688. The van der Waals surface area contributed by atoms with Crippen LogP contribution in [0.4, 0.5) is 0 Å². The van der Waals surface area contributed by atoms with Crippen molar-refractivity contribution in [1.29, 1.82) is 0 Å². The molecule has 0 bridgehead atoms. The molecule has 2 aromatic carbocycles. The number of sulfonamides is 1. The van der Waals surface area contributed by atoms with Crippen LogP contribution in [0.5, 0.6) is 0 Å². The number of carbonyl (C=O) groups is 1. The molecule has 2 rings (SSSR count). The molecule has 0 aliphatic carbocycles. The Labute approximate surface area is 163 Å². The topological polar surface area (TPSA) is 66.5 Å². The molecule has 7 heteroatoms. The van der Waals surface area contributed by atoms with E-state index in [1.54, 1.807) is 0 Å². The van der Waals surface area contributed by atoms with Crippen LogP contribution in [0, 0.1) is 0 Å². The van der Waals surface area contributed by atoms with Gasteiger partial charge in [0.05, 0.1) is 18.8 Å². The maximum Gasteiger partial charge on any atom is 0.235 e. The second-order valence-electron chi connectivity index (χ2n) is 6.18. The molecule has 26 heavy (non-hydrogen) atoms. The van der Waals surface area contributed by atoms with Crippen molar-refractivity contribution in [2.75, 3.05) is 19.3 Å². The number of carbonyl (C=O) groups excluding carboxylic acids is 1. The predicted molar refractivity (Wildman–Crippen MR) is 107 cm³/mol. The van der Waals surface area contributed by atoms with E-state index < -0.39 is 10.0 Å². The number of benzene rings is 2. The van der Waals surface area contributed by atoms with Gasteiger partial charge >= 0.3 is 0 Å². The number of hydrogen-bond acceptors (Lipinski definition) is 3. The van der Waals surface area contributed by atoms with Crippen molar-refractivity contribution in [3.05, 3.63) is 70.2 Å². The normalized spacial score (nSPS) is 12.8. The van der Waals surface area contributed by atoms with Gasteiger partial charge in [-0.25, -0.2) is 8.42 Å². The van der Waals surface area contributed by atoms with E-state index in [1.165, 1.54) is 4.31 Å². The predicted octanol–water partition coefficient (Wildman–Crippen LogP) is 3.13. The van der Waals surface area contributed by atoms with Crippen LogP contribution in [0.3, 0.4) is 0 Å². The van der Waals surface area contributed by atoms with E-state index in [0.29, 0.717) is 6.42 Å². The standard InChI is InChI=1S/C19H23BrN2O3S/c1-15(17-9-6-10-18(20)13-17)21-19(23)14-22(26(2,24)25)12-11-16-7-4-3-5-8-16/h3-10,13,15H,11-12,14H2,1-2H3,(H,21,23)/t15-/m0/s1. The maximum absolute atomic E-state index is 12.4. The lowest BCUT2D eigenvalue weighted by atomic mass is 10.1. The summed E-state index contributed by atoms with van der Waals surface area (Å²) in [4.78, 5) is 12.4. The Morgan fingerprint density at radius 3 is 2.46 bits per heavy atom. The van der Waals surface area contributed by atoms with E-state index in [2.05, 4.69) is 21.2 Å². The number of nitrogens with one attached hydrogen (secondary N) is 1. The summed E-state index contributed by atoms with van der Waals surface area (Å²) in [6.45, 7) is 1.94. The number of halogens is 1. The first kappa shape index (κ1) is 20.6. The maximum atomic E-state index is 12.4. The Morgan fingerprint density at radius 2 is 1.85 bits per heavy atom. The van der Waals surface area contributed by atoms with Crippen molar-refractivity contribution in [3.8, 4) is 0 Å². The van der Waals surface area contributed by atoms with Crippen LogP contribution < -0.4 is 5.32 Å². The Kier molecular flexibility index (Phi) is 7.37. The molecule has 0 fully saturated rings. The number of rotatable bonds is 8. The van der Waals surface area contributed by atoms with Crippen LogP contribution in [0.2, 0.25) is 0 Å². The third kappa shape index (κ3) is 6.55. The second-order valence-corrected chi connectivity index (χ2v) is 9.07. The molecule has 140 valence electrons. The van der Waals surface area contributed by atoms with Crippen LogP contribution in [-0.2, 0) is 21.2 Å². The van der Waals surface area contributed by atoms with Gasteiger partial charge in [-0.2, -0.15) is 4.31 Å². The van der Waals surface area contributed by atoms with Gasteiger partial charge in [-0.15, -0.1) is 0 Å². The van der Waals surface area contributed by atoms with E-state index in [1.807, 2.05) is 61.5 Å². The smallest absolute Gasteiger partial charge is 0.235 e. The molecular formula is C19H23BrN2O3S. The molecule has 0 saturated carbocycles. The van der Waals surface area contributed by atoms with Crippen molar-refractivity contribution in [3.63, 3.8) is 0 Å². The molecule has 0 aliphatic rings. The van der Waals surface area contributed by atoms with Gasteiger partial charge in [0, 0.05) is 11.0 Å². The SMILES string of the molecule is C[C@H](NC(=O)CN(CCc1ccccc1)S(C)(=O)=O)c1cccc(Br)c1. The van der Waals surface area contributed by atoms with Gasteiger partial charge in [0.1, 0.15) is 0 Å². The minimum atomic E-state index is -3.47. The van der Waals surface area contributed by atoms with Crippen LogP contribution in [-0.4, -0.2) is 38.0 Å². The van der Waals surface area contributed by atoms with Gasteiger partial charge in [0.2, 0.25) is 15.9 Å². The molecule has 2 aromatic rings. The van der Waals surface area contributed by atoms with E-state index in [4.69, 9.17) is 0 Å². The van der Waals surface area contributed by atoms with Crippen LogP contribution in [0.15, 0.2) is 59.1 Å². The summed E-state index contributed by atoms with van der Waals surface area (Å²) in [6.07, 6.45) is 1.69. The van der Waals surface area contributed by atoms with Crippen LogP contribution in [0.1, 0.15) is 24.1 Å². The highest BCUT2D eigenvalue weighted by atomic mass is 79.9. The van der Waals surface area contributed by atoms with Crippen molar-refractivity contribution in [2.24, 2.45) is 0 Å². The summed E-state index contributed by atoms with van der Waals surface area (Å²) in [5.74, 6) is -0.323. The fraction of sp³-hybridized carbons (Fsp3) is 0.316. The molecule has 0 unspecified atom stereocenters. The third-order valence-corrected chi connectivity index (χ3v) is 5.75. The number of hydrogen-bond donors (Lipinski definition) is 1. The molecule has 0 aliphatic heterocycles. The minimum Gasteiger partial charge on any atom is -0.348 e. The van der Waals surface area contributed by atoms with Crippen molar-refractivity contribution >= 4 is 31.9 Å². The number of nitrogens with zero attached hydrogens (tertiary/aromatic N) is 1. The van der Waals surface area contributed by atoms with E-state index in [-0.39, 0.29) is 25.0 Å². The fourth-order valence-electron chi connectivity index (χ4n) is 2.57. The Hall–Kier alpha value is -1.70. The molecule has 0 spiro atoms. The molecule has 0 aromatic heterocycles. The van der Waals surface area contributed by atoms with Crippen molar-refractivity contribution < 1.29 is 13.2 Å². The van der Waals surface area contributed by atoms with E-state index in [0.717, 1.165) is 21.9 Å². The summed E-state index contributed by atoms with van der Waals surface area (Å²) in [5.41, 5.74) is 1.98. The van der Waals surface area contributed by atoms with Gasteiger partial charge in [0.25, 0.3) is 0 Å². The zero-order valence-corrected chi connectivity index (χ0v) is 17.3. The molecule has 0 saturated heterocycles. The fourth-order valence-corrected chi connectivity index (χ4v) is 3.76. The second kappa shape index (κ2) is 9.30. The molecule has 5 nitrogen and oxygen atoms in total. The molecule has 1 amide bonds. The van der Waals surface area contributed by atoms with Crippen LogP contribution >= 0.6 is 15.9 Å². The highest BCUT2D eigenvalue weighted by Gasteiger charge is 2.21. The summed E-state index contributed by atoms with van der Waals surface area (Å²) >= 11 is 3.41. The Bertz CT molecular complexity index is 841. The number of amides is 1. The zero-order chi connectivity index (χ0) is 19.2. The first-order valence-corrected chi connectivity index (χ1v) is 10.9. The first-order chi connectivity index (χ1) is 12.3. The molecule has 1 N–H and O–H groups in total. The summed E-state index contributed by atoms with van der Waals surface area (Å²) in [6, 6.07) is 17.0. The highest BCUT2D eigenvalue weighted by molar-refractivity contribution is 9.10. The van der Waals surface area contributed by atoms with E-state index >= 15 is 0 Å². The molecule has 1 atom stereocenters. The zero-order valence-electron chi connectivity index (χ0n) is 14.9. The van der Waals surface area contributed by atoms with Gasteiger partial charge < -0.3 is 5.32 Å². The molecular weight excluding hydrogens is 416 g/mol. The molecule has 0 heterocycles. The summed E-state index contributed by atoms with van der Waals surface area (Å²) in [5, 5.41) is 2.86. The van der Waals surface area contributed by atoms with Gasteiger partial charge in [-0.3, -0.25) is 4.79 Å². The lowest BCUT2D eigenvalue weighted by Gasteiger charge is -2.21. The summed E-state index contributed by atoms with van der Waals surface area (Å²) < 4.78 is 26.2. The van der Waals surface area contributed by atoms with Gasteiger partial charge in [-0.05, 0) is 36.6 Å². The average molecular weight is 439 g/mol. The molecule has 0 radical (unpaired) electrons. The Balaban J connectivity index is 1.97. The van der Waals surface area contributed by atoms with E-state index in [9.17, 15) is 13.2 Å². The summed E-state index contributed by atoms with van der Waals surface area (Å²) in [7, 11) is -3.47. The van der Waals surface area contributed by atoms with Crippen LogP contribution in [0.25, 0.3) is 0 Å². The van der Waals surface area contributed by atoms with Crippen molar-refractivity contribution in [2.45, 2.75) is 19.4 Å². The third-order valence-electron chi connectivity index (χ3n) is 4.01. The lowest BCUT2D eigenvalue weighted by molar-refractivity contribution is -0.121. The largest absolute Gasteiger partial charge is 0.348 e. The van der Waals surface area contributed by atoms with Crippen molar-refractivity contribution in [1.82, 2.24) is 9.62 Å². The van der Waals surface area contributed by atoms with Gasteiger partial charge in [0.15, 0.2) is 0 Å². The average Bonchev–Trinajstić information content (AvgIpc) is 2.58.